The van der Waals surface area contributed by atoms with Crippen molar-refractivity contribution in [1.29, 1.82) is 0 Å². The molecule has 4 aromatic carbocycles. The van der Waals surface area contributed by atoms with Gasteiger partial charge in [-0.05, 0) is 13.8 Å². The number of halogens is 2. The Balaban J connectivity index is 0. The van der Waals surface area contributed by atoms with Crippen LogP contribution in [0.1, 0.15) is 36.1 Å². The second-order valence-corrected chi connectivity index (χ2v) is 8.64. The zero-order valence-corrected chi connectivity index (χ0v) is 24.6. The third kappa shape index (κ3) is 11.6. The molecule has 0 aliphatic rings. The molecule has 167 valence electrons. The minimum Gasteiger partial charge on any atom is -1.00 e. The summed E-state index contributed by atoms with van der Waals surface area (Å²) >= 11 is 0. The second kappa shape index (κ2) is 19.3. The molecule has 0 N–H and O–H groups in total. The first kappa shape index (κ1) is 33.0. The predicted molar refractivity (Wildman–Crippen MR) is 132 cm³/mol. The molecule has 0 heterocycles. The molecule has 0 aromatic heterocycles. The van der Waals surface area contributed by atoms with Crippen LogP contribution in [0.25, 0.3) is 0 Å². The van der Waals surface area contributed by atoms with Crippen molar-refractivity contribution < 1.29 is 51.0 Å². The molecule has 32 heavy (non-hydrogen) atoms. The maximum absolute atomic E-state index is 2.25. The van der Waals surface area contributed by atoms with E-state index in [1.807, 2.05) is 30.3 Å². The third-order valence-corrected chi connectivity index (χ3v) is 6.93. The van der Waals surface area contributed by atoms with Gasteiger partial charge in [0.25, 0.3) is 0 Å². The van der Waals surface area contributed by atoms with E-state index in [0.717, 1.165) is 0 Å². The van der Waals surface area contributed by atoms with Crippen molar-refractivity contribution in [2.75, 3.05) is 0 Å². The molecule has 0 atom stereocenters. The smallest absolute Gasteiger partial charge is 1.00 e. The number of rotatable bonds is 4. The average Bonchev–Trinajstić information content (AvgIpc) is 3.46. The van der Waals surface area contributed by atoms with Crippen LogP contribution in [-0.4, -0.2) is 9.52 Å². The molecule has 0 spiro atoms. The number of hydrogen-bond acceptors (Lipinski definition) is 0. The summed E-state index contributed by atoms with van der Waals surface area (Å²) in [5.74, 6) is 0. The Bertz CT molecular complexity index is 866. The van der Waals surface area contributed by atoms with Crippen LogP contribution in [-0.2, 0) is 39.0 Å². The summed E-state index contributed by atoms with van der Waals surface area (Å²) in [6.07, 6.45) is 2.35. The summed E-state index contributed by atoms with van der Waals surface area (Å²) in [5, 5.41) is 3.01. The Morgan fingerprint density at radius 1 is 0.625 bits per heavy atom. The van der Waals surface area contributed by atoms with Gasteiger partial charge in [0.05, 0.1) is 0 Å². The molecule has 0 bridgehead atoms. The van der Waals surface area contributed by atoms with E-state index in [1.165, 1.54) is 45.5 Å². The summed E-state index contributed by atoms with van der Waals surface area (Å²) < 4.78 is 0. The summed E-state index contributed by atoms with van der Waals surface area (Å²) in [7, 11) is 0.241. The topological polar surface area (TPSA) is 0 Å². The molecule has 0 fully saturated rings. The van der Waals surface area contributed by atoms with Crippen molar-refractivity contribution in [1.82, 2.24) is 0 Å². The quantitative estimate of drug-likeness (QED) is 0.237. The molecule has 0 unspecified atom stereocenters. The van der Waals surface area contributed by atoms with Gasteiger partial charge in [-0.2, -0.15) is 47.5 Å². The van der Waals surface area contributed by atoms with Gasteiger partial charge in [0.2, 0.25) is 0 Å². The van der Waals surface area contributed by atoms with Crippen molar-refractivity contribution >= 4 is 19.9 Å². The molecule has 0 saturated heterocycles. The molecule has 0 amide bonds. The van der Waals surface area contributed by atoms with E-state index >= 15 is 0 Å². The van der Waals surface area contributed by atoms with E-state index < -0.39 is 0 Å². The Labute approximate surface area is 229 Å². The van der Waals surface area contributed by atoms with Gasteiger partial charge in [0.15, 0.2) is 0 Å². The van der Waals surface area contributed by atoms with E-state index in [9.17, 15) is 0 Å². The van der Waals surface area contributed by atoms with Crippen molar-refractivity contribution in [3.63, 3.8) is 0 Å². The van der Waals surface area contributed by atoms with Crippen LogP contribution in [0.2, 0.25) is 0 Å². The molecule has 4 aromatic rings. The van der Waals surface area contributed by atoms with Gasteiger partial charge in [0, 0.05) is 0 Å². The molecular weight excluding hydrogens is 527 g/mol. The van der Waals surface area contributed by atoms with Crippen LogP contribution >= 0.6 is 0 Å². The van der Waals surface area contributed by atoms with Crippen LogP contribution in [0.15, 0.2) is 97.1 Å². The standard InChI is InChI=1S/C14H15Si.C9H13.C5H5.2ClH.Zr/c1-11-7-3-5-9-13(11)15-14-10-6-4-8-12(14)2;1-3-8-6-5-7-9(8)4-2;1-2-4-5-3-1;;;/h3-10,15H,1-2H3;5-7H,3-4H2,1-2H3;1-5H;2*1H;/q;2*-1;;;+4/p-2. The molecule has 1 radical (unpaired) electrons. The van der Waals surface area contributed by atoms with E-state index in [0.29, 0.717) is 0 Å². The van der Waals surface area contributed by atoms with Crippen LogP contribution < -0.4 is 35.2 Å². The zero-order chi connectivity index (χ0) is 20.9. The number of hydrogen-bond donors (Lipinski definition) is 0. The van der Waals surface area contributed by atoms with Gasteiger partial charge in [0.1, 0.15) is 9.52 Å². The predicted octanol–water partition coefficient (Wildman–Crippen LogP) is -0.368. The monoisotopic (exact) mass is 557 g/mol. The van der Waals surface area contributed by atoms with Gasteiger partial charge in [-0.3, -0.25) is 0 Å². The number of aryl methyl sites for hydroxylation is 4. The van der Waals surface area contributed by atoms with Gasteiger partial charge in [-0.15, -0.1) is 0 Å². The fourth-order valence-corrected chi connectivity index (χ4v) is 4.57. The van der Waals surface area contributed by atoms with E-state index in [4.69, 9.17) is 0 Å². The molecule has 0 aliphatic carbocycles. The third-order valence-electron chi connectivity index (χ3n) is 5.01. The van der Waals surface area contributed by atoms with E-state index in [-0.39, 0.29) is 60.5 Å². The Kier molecular flexibility index (Phi) is 19.9. The second-order valence-electron chi connectivity index (χ2n) is 7.10. The van der Waals surface area contributed by atoms with Crippen LogP contribution in [0.5, 0.6) is 0 Å². The minimum atomic E-state index is 0. The molecule has 4 rings (SSSR count). The summed E-state index contributed by atoms with van der Waals surface area (Å²) in [6, 6.07) is 33.9. The van der Waals surface area contributed by atoms with E-state index in [1.54, 1.807) is 0 Å². The van der Waals surface area contributed by atoms with Crippen molar-refractivity contribution in [3.05, 3.63) is 119 Å². The normalized spacial score (nSPS) is 8.88. The maximum Gasteiger partial charge on any atom is 4.00 e. The Morgan fingerprint density at radius 2 is 1.03 bits per heavy atom. The largest absolute Gasteiger partial charge is 4.00 e. The van der Waals surface area contributed by atoms with Crippen molar-refractivity contribution in [3.8, 4) is 0 Å². The fourth-order valence-electron chi connectivity index (χ4n) is 3.17. The van der Waals surface area contributed by atoms with Crippen LogP contribution in [0.3, 0.4) is 0 Å². The molecule has 0 aliphatic heterocycles. The Hall–Kier alpha value is -1.18. The molecule has 0 nitrogen and oxygen atoms in total. The first-order chi connectivity index (χ1) is 14.2. The molecule has 0 saturated carbocycles. The first-order valence-electron chi connectivity index (χ1n) is 10.5. The number of benzene rings is 2. The van der Waals surface area contributed by atoms with Gasteiger partial charge in [-0.1, -0.05) is 96.7 Å². The first-order valence-corrected chi connectivity index (χ1v) is 11.7. The van der Waals surface area contributed by atoms with E-state index in [2.05, 4.69) is 94.4 Å². The van der Waals surface area contributed by atoms with Crippen LogP contribution in [0, 0.1) is 13.8 Å². The summed E-state index contributed by atoms with van der Waals surface area (Å²) in [6.45, 7) is 8.80. The SMILES string of the molecule is CCc1c[cH-]cc1CC.Cc1ccccc1[SiH]c1ccccc1C.[Cl-].[Cl-].[Zr+4].c1cc[cH-]c1. The van der Waals surface area contributed by atoms with Gasteiger partial charge in [-0.25, -0.2) is 12.1 Å². The summed E-state index contributed by atoms with van der Waals surface area (Å²) in [5.41, 5.74) is 5.85. The zero-order valence-electron chi connectivity index (χ0n) is 19.5. The van der Waals surface area contributed by atoms with Crippen molar-refractivity contribution in [2.24, 2.45) is 0 Å². The van der Waals surface area contributed by atoms with Gasteiger partial charge >= 0.3 is 26.2 Å². The van der Waals surface area contributed by atoms with Crippen LogP contribution in [0.4, 0.5) is 0 Å². The van der Waals surface area contributed by atoms with Crippen molar-refractivity contribution in [2.45, 2.75) is 40.5 Å². The summed E-state index contributed by atoms with van der Waals surface area (Å²) in [4.78, 5) is 0. The fraction of sp³-hybridized carbons (Fsp3) is 0.214. The van der Waals surface area contributed by atoms with Gasteiger partial charge < -0.3 is 24.8 Å². The average molecular weight is 560 g/mol. The molecule has 4 heteroatoms. The molecular formula is C28H33Cl2SiZr. The minimum absolute atomic E-state index is 0. The maximum atomic E-state index is 2.25. The Morgan fingerprint density at radius 3 is 1.34 bits per heavy atom.